The van der Waals surface area contributed by atoms with Crippen molar-refractivity contribution in [2.75, 3.05) is 19.7 Å². The Bertz CT molecular complexity index is 820. The fourth-order valence-corrected chi connectivity index (χ4v) is 3.54. The van der Waals surface area contributed by atoms with Crippen LogP contribution in [-0.4, -0.2) is 59.6 Å². The number of halogens is 1. The molecule has 2 unspecified atom stereocenters. The van der Waals surface area contributed by atoms with Gasteiger partial charge in [-0.05, 0) is 50.7 Å². The monoisotopic (exact) mass is 499 g/mol. The second-order valence-corrected chi connectivity index (χ2v) is 8.05. The molecule has 0 saturated carbocycles. The molecule has 30 heavy (non-hydrogen) atoms. The fourth-order valence-electron chi connectivity index (χ4n) is 2.87. The Labute approximate surface area is 189 Å². The van der Waals surface area contributed by atoms with E-state index in [0.717, 1.165) is 0 Å². The summed E-state index contributed by atoms with van der Waals surface area (Å²) in [5.74, 6) is -0.865. The summed E-state index contributed by atoms with van der Waals surface area (Å²) in [5.41, 5.74) is 0.308. The lowest BCUT2D eigenvalue weighted by Gasteiger charge is -2.36. The van der Waals surface area contributed by atoms with Gasteiger partial charge in [0.15, 0.2) is 5.11 Å². The molecular weight excluding hydrogens is 474 g/mol. The second-order valence-electron chi connectivity index (χ2n) is 6.75. The number of ether oxygens (including phenoxy) is 2. The molecule has 1 heterocycles. The van der Waals surface area contributed by atoms with Crippen LogP contribution >= 0.6 is 28.1 Å². The summed E-state index contributed by atoms with van der Waals surface area (Å²) in [6.45, 7) is 6.63. The minimum absolute atomic E-state index is 0.0682. The van der Waals surface area contributed by atoms with Crippen LogP contribution in [0.1, 0.15) is 44.0 Å². The summed E-state index contributed by atoms with van der Waals surface area (Å²) in [5, 5.41) is 5.44. The summed E-state index contributed by atoms with van der Waals surface area (Å²) in [6.07, 6.45) is 0.279. The van der Waals surface area contributed by atoms with Crippen molar-refractivity contribution in [3.8, 4) is 5.75 Å². The molecule has 8 nitrogen and oxygen atoms in total. The fraction of sp³-hybridized carbons (Fsp3) is 0.500. The van der Waals surface area contributed by atoms with Crippen LogP contribution in [0, 0.1) is 0 Å². The van der Waals surface area contributed by atoms with E-state index < -0.39 is 17.9 Å². The van der Waals surface area contributed by atoms with Crippen LogP contribution in [-0.2, 0) is 14.3 Å². The molecule has 0 radical (unpaired) electrons. The molecule has 0 bridgehead atoms. The molecule has 10 heteroatoms. The molecule has 0 aliphatic carbocycles. The normalized spacial score (nSPS) is 17.0. The van der Waals surface area contributed by atoms with E-state index >= 15 is 0 Å². The summed E-state index contributed by atoms with van der Waals surface area (Å²) >= 11 is 8.74. The first-order chi connectivity index (χ1) is 14.3. The highest BCUT2D eigenvalue weighted by Crippen LogP contribution is 2.23. The maximum absolute atomic E-state index is 12.8. The number of benzene rings is 1. The number of rotatable bonds is 7. The lowest BCUT2D eigenvalue weighted by molar-refractivity contribution is -0.151. The van der Waals surface area contributed by atoms with Crippen LogP contribution in [0.3, 0.4) is 0 Å². The van der Waals surface area contributed by atoms with Crippen LogP contribution in [0.15, 0.2) is 22.7 Å². The summed E-state index contributed by atoms with van der Waals surface area (Å²) in [6, 6.07) is 4.24. The van der Waals surface area contributed by atoms with Gasteiger partial charge in [-0.3, -0.25) is 19.7 Å². The molecule has 0 spiro atoms. The highest BCUT2D eigenvalue weighted by Gasteiger charge is 2.34. The molecule has 2 atom stereocenters. The Morgan fingerprint density at radius 3 is 2.80 bits per heavy atom. The third-order valence-electron chi connectivity index (χ3n) is 4.57. The number of esters is 1. The van der Waals surface area contributed by atoms with E-state index in [1.165, 1.54) is 0 Å². The third kappa shape index (κ3) is 6.40. The first kappa shape index (κ1) is 24.1. The van der Waals surface area contributed by atoms with Crippen molar-refractivity contribution in [3.63, 3.8) is 0 Å². The Balaban J connectivity index is 2.13. The van der Waals surface area contributed by atoms with E-state index in [-0.39, 0.29) is 23.5 Å². The van der Waals surface area contributed by atoms with E-state index in [2.05, 4.69) is 26.6 Å². The van der Waals surface area contributed by atoms with Gasteiger partial charge in [-0.25, -0.2) is 0 Å². The van der Waals surface area contributed by atoms with E-state index in [1.807, 2.05) is 13.8 Å². The molecule has 1 aliphatic rings. The quantitative estimate of drug-likeness (QED) is 0.439. The Kier molecular flexibility index (Phi) is 9.04. The summed E-state index contributed by atoms with van der Waals surface area (Å²) in [4.78, 5) is 39.0. The summed E-state index contributed by atoms with van der Waals surface area (Å²) < 4.78 is 11.5. The van der Waals surface area contributed by atoms with Gasteiger partial charge in [-0.15, -0.1) is 0 Å². The van der Waals surface area contributed by atoms with Gasteiger partial charge < -0.3 is 19.7 Å². The molecule has 0 aromatic heterocycles. The van der Waals surface area contributed by atoms with Crippen molar-refractivity contribution in [2.45, 2.75) is 45.8 Å². The first-order valence-corrected chi connectivity index (χ1v) is 11.0. The van der Waals surface area contributed by atoms with E-state index in [9.17, 15) is 14.4 Å². The SMILES string of the molecule is CCOc1ccc(Br)cc1C(=O)NC(=S)N1CCNC(=O)C1CC(=O)OC(C)CC. The highest BCUT2D eigenvalue weighted by atomic mass is 79.9. The third-order valence-corrected chi connectivity index (χ3v) is 5.40. The Morgan fingerprint density at radius 2 is 2.13 bits per heavy atom. The number of hydrogen-bond donors (Lipinski definition) is 2. The Hall–Kier alpha value is -2.20. The maximum Gasteiger partial charge on any atom is 0.308 e. The average molecular weight is 500 g/mol. The van der Waals surface area contributed by atoms with Crippen molar-refractivity contribution in [1.82, 2.24) is 15.5 Å². The minimum Gasteiger partial charge on any atom is -0.493 e. The molecular formula is C20H26BrN3O5S. The van der Waals surface area contributed by atoms with Crippen LogP contribution in [0.25, 0.3) is 0 Å². The molecule has 2 N–H and O–H groups in total. The smallest absolute Gasteiger partial charge is 0.308 e. The van der Waals surface area contributed by atoms with Crippen molar-refractivity contribution in [2.24, 2.45) is 0 Å². The van der Waals surface area contributed by atoms with Crippen molar-refractivity contribution >= 4 is 51.0 Å². The van der Waals surface area contributed by atoms with Gasteiger partial charge in [-0.2, -0.15) is 0 Å². The van der Waals surface area contributed by atoms with E-state index in [4.69, 9.17) is 21.7 Å². The average Bonchev–Trinajstić information content (AvgIpc) is 2.70. The zero-order valence-electron chi connectivity index (χ0n) is 17.2. The number of nitrogens with one attached hydrogen (secondary N) is 2. The number of carbonyl (C=O) groups excluding carboxylic acids is 3. The lowest BCUT2D eigenvalue weighted by atomic mass is 10.1. The molecule has 1 aromatic carbocycles. The number of thiocarbonyl (C=S) groups is 1. The van der Waals surface area contributed by atoms with Crippen LogP contribution in [0.2, 0.25) is 0 Å². The Morgan fingerprint density at radius 1 is 1.40 bits per heavy atom. The van der Waals surface area contributed by atoms with Gasteiger partial charge in [-0.1, -0.05) is 22.9 Å². The van der Waals surface area contributed by atoms with E-state index in [0.29, 0.717) is 41.9 Å². The van der Waals surface area contributed by atoms with Gasteiger partial charge in [0, 0.05) is 17.6 Å². The van der Waals surface area contributed by atoms with Crippen molar-refractivity contribution < 1.29 is 23.9 Å². The van der Waals surface area contributed by atoms with E-state index in [1.54, 1.807) is 30.0 Å². The number of carbonyl (C=O) groups is 3. The van der Waals surface area contributed by atoms with Crippen LogP contribution in [0.4, 0.5) is 0 Å². The molecule has 1 aliphatic heterocycles. The van der Waals surface area contributed by atoms with Crippen molar-refractivity contribution in [3.05, 3.63) is 28.2 Å². The highest BCUT2D eigenvalue weighted by molar-refractivity contribution is 9.10. The summed E-state index contributed by atoms with van der Waals surface area (Å²) in [7, 11) is 0. The molecule has 164 valence electrons. The minimum atomic E-state index is -0.850. The van der Waals surface area contributed by atoms with Gasteiger partial charge in [0.2, 0.25) is 5.91 Å². The second kappa shape index (κ2) is 11.3. The predicted molar refractivity (Wildman–Crippen MR) is 119 cm³/mol. The number of piperazine rings is 1. The van der Waals surface area contributed by atoms with Crippen LogP contribution < -0.4 is 15.4 Å². The number of nitrogens with zero attached hydrogens (tertiary/aromatic N) is 1. The predicted octanol–water partition coefficient (Wildman–Crippen LogP) is 2.39. The first-order valence-electron chi connectivity index (χ1n) is 9.78. The molecule has 2 rings (SSSR count). The number of amides is 2. The molecule has 1 aromatic rings. The largest absolute Gasteiger partial charge is 0.493 e. The van der Waals surface area contributed by atoms with Crippen LogP contribution in [0.5, 0.6) is 5.75 Å². The molecule has 1 fully saturated rings. The molecule has 2 amide bonds. The standard InChI is InChI=1S/C20H26BrN3O5S/c1-4-12(3)29-17(25)11-15-19(27)22-8-9-24(15)20(30)23-18(26)14-10-13(21)6-7-16(14)28-5-2/h6-7,10,12,15H,4-5,8-9,11H2,1-3H3,(H,22,27)(H,23,26,30). The van der Waals surface area contributed by atoms with Gasteiger partial charge in [0.1, 0.15) is 11.8 Å². The van der Waals surface area contributed by atoms with Gasteiger partial charge in [0.05, 0.1) is 24.7 Å². The topological polar surface area (TPSA) is 97.0 Å². The maximum atomic E-state index is 12.8. The lowest BCUT2D eigenvalue weighted by Crippen LogP contribution is -2.60. The van der Waals surface area contributed by atoms with Crippen molar-refractivity contribution in [1.29, 1.82) is 0 Å². The van der Waals surface area contributed by atoms with Gasteiger partial charge >= 0.3 is 5.97 Å². The van der Waals surface area contributed by atoms with Gasteiger partial charge in [0.25, 0.3) is 5.91 Å². The number of hydrogen-bond acceptors (Lipinski definition) is 6. The zero-order chi connectivity index (χ0) is 22.3. The molecule has 1 saturated heterocycles. The zero-order valence-corrected chi connectivity index (χ0v) is 19.6.